The third-order valence-corrected chi connectivity index (χ3v) is 2.16. The second-order valence-electron chi connectivity index (χ2n) is 3.10. The van der Waals surface area contributed by atoms with Crippen molar-refractivity contribution in [3.8, 4) is 5.75 Å². The highest BCUT2D eigenvalue weighted by Crippen LogP contribution is 2.25. The van der Waals surface area contributed by atoms with Crippen LogP contribution in [0, 0.1) is 0 Å². The quantitative estimate of drug-likeness (QED) is 0.342. The molecule has 0 saturated carbocycles. The number of esters is 1. The van der Waals surface area contributed by atoms with Crippen molar-refractivity contribution in [1.82, 2.24) is 0 Å². The summed E-state index contributed by atoms with van der Waals surface area (Å²) in [5.41, 5.74) is 1.63. The first-order valence-electron chi connectivity index (χ1n) is 4.25. The molecular formula is C11H10O2. The van der Waals surface area contributed by atoms with Crippen LogP contribution >= 0.6 is 0 Å². The molecule has 0 radical (unpaired) electrons. The van der Waals surface area contributed by atoms with Crippen LogP contribution in [0.1, 0.15) is 12.0 Å². The van der Waals surface area contributed by atoms with Crippen LogP contribution in [0.15, 0.2) is 36.4 Å². The number of fused-ring (bicyclic) bond motifs is 1. The van der Waals surface area contributed by atoms with Gasteiger partial charge in [-0.2, -0.15) is 0 Å². The van der Waals surface area contributed by atoms with Crippen molar-refractivity contribution in [1.29, 1.82) is 0 Å². The lowest BCUT2D eigenvalue weighted by Gasteiger charge is -2.02. The van der Waals surface area contributed by atoms with E-state index in [1.807, 2.05) is 24.3 Å². The number of ether oxygens (including phenoxy) is 1. The largest absolute Gasteiger partial charge is 0.423 e. The van der Waals surface area contributed by atoms with Gasteiger partial charge in [-0.05, 0) is 24.5 Å². The number of carbonyl (C=O) groups excluding carboxylic acids is 1. The monoisotopic (exact) mass is 174 g/mol. The van der Waals surface area contributed by atoms with Crippen molar-refractivity contribution in [2.45, 2.75) is 12.8 Å². The molecule has 0 amide bonds. The lowest BCUT2D eigenvalue weighted by Crippen LogP contribution is -2.08. The van der Waals surface area contributed by atoms with E-state index < -0.39 is 0 Å². The first kappa shape index (κ1) is 8.05. The van der Waals surface area contributed by atoms with Gasteiger partial charge in [-0.15, -0.1) is 0 Å². The second kappa shape index (κ2) is 3.05. The first-order chi connectivity index (χ1) is 6.27. The Morgan fingerprint density at radius 2 is 2.00 bits per heavy atom. The number of carbonyl (C=O) groups is 1. The smallest absolute Gasteiger partial charge is 0.338 e. The van der Waals surface area contributed by atoms with Gasteiger partial charge in [-0.3, -0.25) is 0 Å². The summed E-state index contributed by atoms with van der Waals surface area (Å²) < 4.78 is 5.13. The van der Waals surface area contributed by atoms with Gasteiger partial charge in [0.25, 0.3) is 0 Å². The Kier molecular flexibility index (Phi) is 1.89. The van der Waals surface area contributed by atoms with Crippen LogP contribution < -0.4 is 4.74 Å². The fourth-order valence-corrected chi connectivity index (χ4v) is 1.37. The highest BCUT2D eigenvalue weighted by Gasteiger charge is 2.16. The predicted octanol–water partition coefficient (Wildman–Crippen LogP) is 2.09. The highest BCUT2D eigenvalue weighted by atomic mass is 16.5. The van der Waals surface area contributed by atoms with Crippen molar-refractivity contribution >= 4 is 5.97 Å². The van der Waals surface area contributed by atoms with Crippen LogP contribution in [0.2, 0.25) is 0 Å². The van der Waals surface area contributed by atoms with Gasteiger partial charge in [0.2, 0.25) is 0 Å². The minimum Gasteiger partial charge on any atom is -0.423 e. The van der Waals surface area contributed by atoms with E-state index in [-0.39, 0.29) is 5.97 Å². The van der Waals surface area contributed by atoms with Gasteiger partial charge in [0, 0.05) is 5.57 Å². The summed E-state index contributed by atoms with van der Waals surface area (Å²) in [5, 5.41) is 0. The lowest BCUT2D eigenvalue weighted by atomic mass is 10.1. The van der Waals surface area contributed by atoms with Gasteiger partial charge in [-0.25, -0.2) is 4.79 Å². The summed E-state index contributed by atoms with van der Waals surface area (Å²) in [4.78, 5) is 11.3. The maximum absolute atomic E-state index is 11.3. The van der Waals surface area contributed by atoms with Crippen LogP contribution in [0.25, 0.3) is 0 Å². The molecule has 0 saturated heterocycles. The molecule has 13 heavy (non-hydrogen) atoms. The Bertz CT molecular complexity index is 366. The molecule has 1 aliphatic heterocycles. The summed E-state index contributed by atoms with van der Waals surface area (Å²) in [6, 6.07) is 7.59. The lowest BCUT2D eigenvalue weighted by molar-refractivity contribution is -0.130. The summed E-state index contributed by atoms with van der Waals surface area (Å²) >= 11 is 0. The van der Waals surface area contributed by atoms with E-state index in [9.17, 15) is 4.79 Å². The van der Waals surface area contributed by atoms with Gasteiger partial charge in [0.1, 0.15) is 5.75 Å². The molecule has 1 aromatic carbocycles. The zero-order valence-corrected chi connectivity index (χ0v) is 7.25. The molecule has 66 valence electrons. The van der Waals surface area contributed by atoms with Gasteiger partial charge < -0.3 is 4.74 Å². The van der Waals surface area contributed by atoms with E-state index in [1.165, 1.54) is 0 Å². The Morgan fingerprint density at radius 1 is 1.23 bits per heavy atom. The number of hydrogen-bond acceptors (Lipinski definition) is 2. The Morgan fingerprint density at radius 3 is 2.85 bits per heavy atom. The fourth-order valence-electron chi connectivity index (χ4n) is 1.37. The molecule has 1 heterocycles. The van der Waals surface area contributed by atoms with Crippen LogP contribution in [0.3, 0.4) is 0 Å². The van der Waals surface area contributed by atoms with Crippen LogP contribution in [0.4, 0.5) is 0 Å². The van der Waals surface area contributed by atoms with Gasteiger partial charge in [0.15, 0.2) is 0 Å². The topological polar surface area (TPSA) is 26.3 Å². The van der Waals surface area contributed by atoms with Crippen LogP contribution in [0.5, 0.6) is 5.75 Å². The van der Waals surface area contributed by atoms with E-state index in [0.717, 1.165) is 12.0 Å². The molecule has 1 aliphatic rings. The number of benzene rings is 1. The third kappa shape index (κ3) is 1.47. The minimum atomic E-state index is -0.301. The molecule has 0 spiro atoms. The summed E-state index contributed by atoms with van der Waals surface area (Å²) in [7, 11) is 0. The summed E-state index contributed by atoms with van der Waals surface area (Å²) in [6.45, 7) is 3.66. The molecule has 0 N–H and O–H groups in total. The van der Waals surface area contributed by atoms with E-state index in [0.29, 0.717) is 17.7 Å². The molecule has 2 heteroatoms. The van der Waals surface area contributed by atoms with Crippen LogP contribution in [-0.2, 0) is 11.2 Å². The molecule has 0 atom stereocenters. The van der Waals surface area contributed by atoms with E-state index in [2.05, 4.69) is 6.58 Å². The van der Waals surface area contributed by atoms with Crippen molar-refractivity contribution in [2.75, 3.05) is 0 Å². The van der Waals surface area contributed by atoms with Gasteiger partial charge >= 0.3 is 5.97 Å². The van der Waals surface area contributed by atoms with E-state index >= 15 is 0 Å². The minimum absolute atomic E-state index is 0.301. The van der Waals surface area contributed by atoms with Gasteiger partial charge in [-0.1, -0.05) is 24.8 Å². The van der Waals surface area contributed by atoms with E-state index in [1.54, 1.807) is 0 Å². The van der Waals surface area contributed by atoms with Crippen molar-refractivity contribution in [3.63, 3.8) is 0 Å². The molecule has 0 aromatic heterocycles. The standard InChI is InChI=1S/C11H10O2/c1-8-6-7-9-4-2-3-5-10(9)13-11(8)12/h2-5H,1,6-7H2. The normalized spacial score (nSPS) is 16.0. The van der Waals surface area contributed by atoms with Crippen molar-refractivity contribution in [3.05, 3.63) is 42.0 Å². The summed E-state index contributed by atoms with van der Waals surface area (Å²) in [6.07, 6.45) is 1.52. The Labute approximate surface area is 76.8 Å². The zero-order chi connectivity index (χ0) is 9.26. The Balaban J connectivity index is 2.40. The molecule has 1 aromatic rings. The predicted molar refractivity (Wildman–Crippen MR) is 49.5 cm³/mol. The maximum atomic E-state index is 11.3. The number of aryl methyl sites for hydroxylation is 1. The first-order valence-corrected chi connectivity index (χ1v) is 4.25. The van der Waals surface area contributed by atoms with Crippen molar-refractivity contribution < 1.29 is 9.53 Å². The Hall–Kier alpha value is -1.57. The van der Waals surface area contributed by atoms with Crippen molar-refractivity contribution in [2.24, 2.45) is 0 Å². The number of para-hydroxylation sites is 1. The highest BCUT2D eigenvalue weighted by molar-refractivity contribution is 5.90. The molecule has 0 unspecified atom stereocenters. The third-order valence-electron chi connectivity index (χ3n) is 2.16. The number of rotatable bonds is 0. The second-order valence-corrected chi connectivity index (χ2v) is 3.10. The SMILES string of the molecule is C=C1CCc2ccccc2OC1=O. The molecule has 0 bridgehead atoms. The molecular weight excluding hydrogens is 164 g/mol. The average Bonchev–Trinajstić information content (AvgIpc) is 2.28. The maximum Gasteiger partial charge on any atom is 0.338 e. The van der Waals surface area contributed by atoms with E-state index in [4.69, 9.17) is 4.74 Å². The molecule has 2 rings (SSSR count). The van der Waals surface area contributed by atoms with Gasteiger partial charge in [0.05, 0.1) is 0 Å². The zero-order valence-electron chi connectivity index (χ0n) is 7.25. The molecule has 0 aliphatic carbocycles. The molecule has 0 fully saturated rings. The summed E-state index contributed by atoms with van der Waals surface area (Å²) in [5.74, 6) is 0.371. The fraction of sp³-hybridized carbons (Fsp3) is 0.182. The van der Waals surface area contributed by atoms with Crippen LogP contribution in [-0.4, -0.2) is 5.97 Å². The molecule has 2 nitrogen and oxygen atoms in total. The average molecular weight is 174 g/mol. The number of hydrogen-bond donors (Lipinski definition) is 0.